The lowest BCUT2D eigenvalue weighted by molar-refractivity contribution is 0.185. The van der Waals surface area contributed by atoms with Gasteiger partial charge in [-0.05, 0) is 17.4 Å². The fourth-order valence-corrected chi connectivity index (χ4v) is 1.29. The van der Waals surface area contributed by atoms with E-state index in [1.54, 1.807) is 10.7 Å². The highest BCUT2D eigenvalue weighted by molar-refractivity contribution is 6.29. The Morgan fingerprint density at radius 2 is 2.38 bits per heavy atom. The molecule has 2 aromatic heterocycles. The highest BCUT2D eigenvalue weighted by Gasteiger charge is 2.07. The van der Waals surface area contributed by atoms with Crippen LogP contribution in [0.15, 0.2) is 18.7 Å². The Hall–Kier alpha value is -1.76. The van der Waals surface area contributed by atoms with E-state index in [0.29, 0.717) is 17.6 Å². The number of hydrogen-bond donors (Lipinski definition) is 0. The minimum Gasteiger partial charge on any atom is -0.473 e. The van der Waals surface area contributed by atoms with E-state index in [1.165, 1.54) is 12.7 Å². The first-order valence-electron chi connectivity index (χ1n) is 4.59. The number of halogens is 1. The average Bonchev–Trinajstić information content (AvgIpc) is 2.70. The van der Waals surface area contributed by atoms with E-state index in [0.717, 1.165) is 0 Å². The zero-order valence-corrected chi connectivity index (χ0v) is 9.24. The summed E-state index contributed by atoms with van der Waals surface area (Å²) in [5.74, 6) is 0.431. The van der Waals surface area contributed by atoms with Crippen molar-refractivity contribution in [3.05, 3.63) is 23.9 Å². The van der Waals surface area contributed by atoms with Gasteiger partial charge in [0.1, 0.15) is 23.9 Å². The lowest BCUT2D eigenvalue weighted by Crippen LogP contribution is -2.20. The van der Waals surface area contributed by atoms with Crippen molar-refractivity contribution in [3.63, 3.8) is 0 Å². The van der Waals surface area contributed by atoms with Gasteiger partial charge in [0.05, 0.1) is 6.54 Å². The molecule has 0 aliphatic rings. The molecule has 7 nitrogen and oxygen atoms in total. The van der Waals surface area contributed by atoms with Crippen LogP contribution in [-0.4, -0.2) is 36.3 Å². The largest absolute Gasteiger partial charge is 0.473 e. The summed E-state index contributed by atoms with van der Waals surface area (Å²) >= 11 is 5.70. The minimum absolute atomic E-state index is 0.116. The molecule has 0 aliphatic heterocycles. The van der Waals surface area contributed by atoms with Crippen molar-refractivity contribution in [2.45, 2.75) is 19.6 Å². The molecule has 0 aromatic carbocycles. The Kier molecular flexibility index (Phi) is 3.25. The fourth-order valence-electron chi connectivity index (χ4n) is 1.15. The van der Waals surface area contributed by atoms with Crippen molar-refractivity contribution in [1.82, 2.24) is 30.2 Å². The maximum atomic E-state index is 5.70. The SMILES string of the molecule is CC(Cn1cnnn1)Oc1cc(Cl)ncn1. The van der Waals surface area contributed by atoms with Crippen LogP contribution in [0.4, 0.5) is 0 Å². The summed E-state index contributed by atoms with van der Waals surface area (Å²) in [6.45, 7) is 2.42. The molecular weight excluding hydrogens is 232 g/mol. The molecular formula is C8H9ClN6O. The van der Waals surface area contributed by atoms with Crippen LogP contribution in [-0.2, 0) is 6.54 Å². The second-order valence-corrected chi connectivity index (χ2v) is 3.53. The van der Waals surface area contributed by atoms with E-state index >= 15 is 0 Å². The molecule has 2 aromatic rings. The number of ether oxygens (including phenoxy) is 1. The van der Waals surface area contributed by atoms with Crippen molar-refractivity contribution < 1.29 is 4.74 Å². The number of hydrogen-bond acceptors (Lipinski definition) is 6. The molecule has 0 saturated carbocycles. The second-order valence-electron chi connectivity index (χ2n) is 3.14. The van der Waals surface area contributed by atoms with Gasteiger partial charge in [-0.1, -0.05) is 11.6 Å². The molecule has 0 bridgehead atoms. The summed E-state index contributed by atoms with van der Waals surface area (Å²) in [6.07, 6.45) is 2.75. The van der Waals surface area contributed by atoms with Crippen molar-refractivity contribution in [1.29, 1.82) is 0 Å². The molecule has 16 heavy (non-hydrogen) atoms. The highest BCUT2D eigenvalue weighted by atomic mass is 35.5. The van der Waals surface area contributed by atoms with Crippen LogP contribution in [0.1, 0.15) is 6.92 Å². The predicted octanol–water partition coefficient (Wildman–Crippen LogP) is 0.584. The third kappa shape index (κ3) is 2.86. The maximum Gasteiger partial charge on any atom is 0.218 e. The Morgan fingerprint density at radius 3 is 3.06 bits per heavy atom. The quantitative estimate of drug-likeness (QED) is 0.728. The topological polar surface area (TPSA) is 78.6 Å². The molecule has 0 fully saturated rings. The van der Waals surface area contributed by atoms with Crippen LogP contribution in [0.2, 0.25) is 5.15 Å². The Balaban J connectivity index is 1.94. The number of rotatable bonds is 4. The van der Waals surface area contributed by atoms with Gasteiger partial charge < -0.3 is 4.74 Å². The molecule has 2 rings (SSSR count). The Bertz CT molecular complexity index is 448. The summed E-state index contributed by atoms with van der Waals surface area (Å²) in [5, 5.41) is 11.1. The minimum atomic E-state index is -0.116. The zero-order valence-electron chi connectivity index (χ0n) is 8.49. The lowest BCUT2D eigenvalue weighted by Gasteiger charge is -2.12. The average molecular weight is 241 g/mol. The maximum absolute atomic E-state index is 5.70. The molecule has 0 radical (unpaired) electrons. The van der Waals surface area contributed by atoms with E-state index in [9.17, 15) is 0 Å². The molecule has 84 valence electrons. The van der Waals surface area contributed by atoms with Gasteiger partial charge in [-0.2, -0.15) is 0 Å². The smallest absolute Gasteiger partial charge is 0.218 e. The number of nitrogens with zero attached hydrogens (tertiary/aromatic N) is 6. The highest BCUT2D eigenvalue weighted by Crippen LogP contribution is 2.12. The normalized spacial score (nSPS) is 12.4. The van der Waals surface area contributed by atoms with Gasteiger partial charge in [-0.3, -0.25) is 0 Å². The molecule has 0 amide bonds. The van der Waals surface area contributed by atoms with Gasteiger partial charge in [0.2, 0.25) is 5.88 Å². The van der Waals surface area contributed by atoms with Crippen molar-refractivity contribution in [3.8, 4) is 5.88 Å². The summed E-state index contributed by atoms with van der Waals surface area (Å²) in [4.78, 5) is 7.69. The second kappa shape index (κ2) is 4.84. The monoisotopic (exact) mass is 240 g/mol. The lowest BCUT2D eigenvalue weighted by atomic mass is 10.4. The summed E-state index contributed by atoms with van der Waals surface area (Å²) in [7, 11) is 0. The van der Waals surface area contributed by atoms with Gasteiger partial charge in [0, 0.05) is 6.07 Å². The Labute approximate surface area is 96.4 Å². The van der Waals surface area contributed by atoms with Crippen molar-refractivity contribution in [2.24, 2.45) is 0 Å². The summed E-state index contributed by atoms with van der Waals surface area (Å²) < 4.78 is 7.09. The summed E-state index contributed by atoms with van der Waals surface area (Å²) in [5.41, 5.74) is 0. The van der Waals surface area contributed by atoms with Gasteiger partial charge in [0.15, 0.2) is 0 Å². The van der Waals surface area contributed by atoms with Crippen molar-refractivity contribution >= 4 is 11.6 Å². The predicted molar refractivity (Wildman–Crippen MR) is 54.9 cm³/mol. The molecule has 8 heteroatoms. The van der Waals surface area contributed by atoms with Crippen LogP contribution in [0.5, 0.6) is 5.88 Å². The van der Waals surface area contributed by atoms with Gasteiger partial charge in [0.25, 0.3) is 0 Å². The number of tetrazole rings is 1. The third-order valence-electron chi connectivity index (χ3n) is 1.77. The molecule has 0 N–H and O–H groups in total. The molecule has 2 heterocycles. The van der Waals surface area contributed by atoms with E-state index in [-0.39, 0.29) is 6.10 Å². The van der Waals surface area contributed by atoms with E-state index < -0.39 is 0 Å². The Morgan fingerprint density at radius 1 is 1.50 bits per heavy atom. The first-order valence-corrected chi connectivity index (χ1v) is 4.97. The van der Waals surface area contributed by atoms with E-state index in [4.69, 9.17) is 16.3 Å². The first-order chi connectivity index (χ1) is 7.74. The van der Waals surface area contributed by atoms with Crippen LogP contribution in [0, 0.1) is 0 Å². The molecule has 1 atom stereocenters. The third-order valence-corrected chi connectivity index (χ3v) is 1.97. The van der Waals surface area contributed by atoms with Crippen LogP contribution < -0.4 is 4.74 Å². The van der Waals surface area contributed by atoms with Crippen LogP contribution in [0.3, 0.4) is 0 Å². The van der Waals surface area contributed by atoms with E-state index in [2.05, 4.69) is 25.5 Å². The number of aromatic nitrogens is 6. The van der Waals surface area contributed by atoms with Crippen LogP contribution in [0.25, 0.3) is 0 Å². The van der Waals surface area contributed by atoms with E-state index in [1.807, 2.05) is 6.92 Å². The molecule has 0 aliphatic carbocycles. The van der Waals surface area contributed by atoms with Gasteiger partial charge in [-0.25, -0.2) is 14.6 Å². The molecule has 1 unspecified atom stereocenters. The van der Waals surface area contributed by atoms with Gasteiger partial charge >= 0.3 is 0 Å². The van der Waals surface area contributed by atoms with Gasteiger partial charge in [-0.15, -0.1) is 5.10 Å². The standard InChI is InChI=1S/C8H9ClN6O/c1-6(3-15-5-12-13-14-15)16-8-2-7(9)10-4-11-8/h2,4-6H,3H2,1H3. The van der Waals surface area contributed by atoms with Crippen molar-refractivity contribution in [2.75, 3.05) is 0 Å². The van der Waals surface area contributed by atoms with Crippen LogP contribution >= 0.6 is 11.6 Å². The molecule has 0 spiro atoms. The zero-order chi connectivity index (χ0) is 11.4. The fraction of sp³-hybridized carbons (Fsp3) is 0.375. The molecule has 0 saturated heterocycles. The summed E-state index contributed by atoms with van der Waals surface area (Å²) in [6, 6.07) is 1.55. The first kappa shape index (κ1) is 10.7.